The molecule has 1 aliphatic rings. The fourth-order valence-corrected chi connectivity index (χ4v) is 4.72. The Bertz CT molecular complexity index is 1320. The van der Waals surface area contributed by atoms with E-state index in [1.54, 1.807) is 14.2 Å². The Morgan fingerprint density at radius 3 is 1.88 bits per heavy atom. The molecule has 0 atom stereocenters. The van der Waals surface area contributed by atoms with Gasteiger partial charge in [-0.25, -0.2) is 5.01 Å². The predicted octanol–water partition coefficient (Wildman–Crippen LogP) is 6.20. The molecule has 1 heterocycles. The zero-order chi connectivity index (χ0) is 22.9. The van der Waals surface area contributed by atoms with Crippen molar-refractivity contribution >= 4 is 38.3 Å². The van der Waals surface area contributed by atoms with Gasteiger partial charge in [0, 0.05) is 9.86 Å². The third-order valence-electron chi connectivity index (χ3n) is 5.98. The van der Waals surface area contributed by atoms with Crippen molar-refractivity contribution in [1.29, 1.82) is 0 Å². The molecule has 1 amide bonds. The molecular weight excluding hydrogens is 480 g/mol. The summed E-state index contributed by atoms with van der Waals surface area (Å²) in [5, 5.41) is 5.91. The molecule has 0 unspecified atom stereocenters. The van der Waals surface area contributed by atoms with E-state index in [0.29, 0.717) is 18.7 Å². The van der Waals surface area contributed by atoms with Crippen LogP contribution in [0.2, 0.25) is 0 Å². The molecule has 0 bridgehead atoms. The maximum atomic E-state index is 13.8. The molecule has 4 aromatic carbocycles. The van der Waals surface area contributed by atoms with Crippen LogP contribution in [0.15, 0.2) is 83.3 Å². The van der Waals surface area contributed by atoms with Crippen LogP contribution in [-0.4, -0.2) is 25.1 Å². The Balaban J connectivity index is 1.60. The molecule has 0 saturated carbocycles. The summed E-state index contributed by atoms with van der Waals surface area (Å²) >= 11 is 3.65. The molecule has 6 heteroatoms. The molecule has 0 spiro atoms. The third-order valence-corrected chi connectivity index (χ3v) is 6.67. The number of hydrogen-bond donors (Lipinski definition) is 0. The van der Waals surface area contributed by atoms with Gasteiger partial charge in [0.25, 0.3) is 5.91 Å². The Labute approximate surface area is 201 Å². The lowest BCUT2D eigenvalue weighted by molar-refractivity contribution is 0.0712. The summed E-state index contributed by atoms with van der Waals surface area (Å²) in [5.74, 6) is 1.58. The van der Waals surface area contributed by atoms with Gasteiger partial charge in [0.1, 0.15) is 11.5 Å². The summed E-state index contributed by atoms with van der Waals surface area (Å²) in [6.45, 7) is 1.00. The van der Waals surface area contributed by atoms with E-state index in [0.717, 1.165) is 43.6 Å². The van der Waals surface area contributed by atoms with Crippen LogP contribution in [0.25, 0.3) is 10.8 Å². The summed E-state index contributed by atoms with van der Waals surface area (Å²) in [7, 11) is 3.31. The van der Waals surface area contributed by atoms with Gasteiger partial charge in [0.2, 0.25) is 0 Å². The van der Waals surface area contributed by atoms with Crippen molar-refractivity contribution in [3.05, 3.63) is 100 Å². The molecule has 33 heavy (non-hydrogen) atoms. The van der Waals surface area contributed by atoms with Crippen molar-refractivity contribution in [3.63, 3.8) is 0 Å². The monoisotopic (exact) mass is 502 g/mol. The van der Waals surface area contributed by atoms with Crippen molar-refractivity contribution in [1.82, 2.24) is 5.01 Å². The van der Waals surface area contributed by atoms with Crippen LogP contribution in [-0.2, 0) is 13.1 Å². The molecule has 0 radical (unpaired) electrons. The molecule has 0 aliphatic carbocycles. The number of carbonyl (C=O) groups excluding carboxylic acids is 1. The minimum Gasteiger partial charge on any atom is -0.497 e. The first kappa shape index (κ1) is 21.3. The normalized spacial score (nSPS) is 12.9. The molecule has 0 N–H and O–H groups in total. The van der Waals surface area contributed by atoms with E-state index in [1.807, 2.05) is 77.8 Å². The average Bonchev–Trinajstić information content (AvgIpc) is 2.86. The average molecular weight is 503 g/mol. The molecule has 0 aromatic heterocycles. The Kier molecular flexibility index (Phi) is 5.68. The topological polar surface area (TPSA) is 42.0 Å². The fraction of sp³-hybridized carbons (Fsp3) is 0.148. The molecule has 0 fully saturated rings. The maximum Gasteiger partial charge on any atom is 0.273 e. The smallest absolute Gasteiger partial charge is 0.273 e. The second-order valence-electron chi connectivity index (χ2n) is 7.91. The third kappa shape index (κ3) is 3.91. The summed E-state index contributed by atoms with van der Waals surface area (Å²) < 4.78 is 11.6. The number of methoxy groups -OCH3 is 2. The first-order chi connectivity index (χ1) is 16.1. The van der Waals surface area contributed by atoms with Gasteiger partial charge in [-0.2, -0.15) is 0 Å². The molecule has 0 saturated heterocycles. The van der Waals surface area contributed by atoms with Crippen LogP contribution < -0.4 is 14.5 Å². The van der Waals surface area contributed by atoms with E-state index in [-0.39, 0.29) is 5.91 Å². The van der Waals surface area contributed by atoms with Gasteiger partial charge < -0.3 is 9.47 Å². The van der Waals surface area contributed by atoms with Crippen LogP contribution in [0.3, 0.4) is 0 Å². The zero-order valence-corrected chi connectivity index (χ0v) is 20.0. The number of amides is 1. The molecule has 166 valence electrons. The van der Waals surface area contributed by atoms with Crippen LogP contribution in [0.1, 0.15) is 21.5 Å². The highest BCUT2D eigenvalue weighted by Crippen LogP contribution is 2.40. The Hall–Kier alpha value is -3.51. The van der Waals surface area contributed by atoms with E-state index in [9.17, 15) is 4.79 Å². The highest BCUT2D eigenvalue weighted by atomic mass is 79.9. The van der Waals surface area contributed by atoms with Crippen molar-refractivity contribution in [2.24, 2.45) is 0 Å². The van der Waals surface area contributed by atoms with Gasteiger partial charge in [-0.3, -0.25) is 9.80 Å². The van der Waals surface area contributed by atoms with Crippen molar-refractivity contribution in [3.8, 4) is 11.5 Å². The van der Waals surface area contributed by atoms with Crippen LogP contribution in [0.4, 0.5) is 5.69 Å². The van der Waals surface area contributed by atoms with Crippen molar-refractivity contribution in [2.75, 3.05) is 19.2 Å². The first-order valence-corrected chi connectivity index (χ1v) is 11.4. The zero-order valence-electron chi connectivity index (χ0n) is 18.4. The number of halogens is 1. The van der Waals surface area contributed by atoms with Gasteiger partial charge >= 0.3 is 0 Å². The second kappa shape index (κ2) is 8.79. The van der Waals surface area contributed by atoms with Crippen LogP contribution >= 0.6 is 15.9 Å². The fourth-order valence-electron chi connectivity index (χ4n) is 4.26. The first-order valence-electron chi connectivity index (χ1n) is 10.7. The summed E-state index contributed by atoms with van der Waals surface area (Å²) in [6.07, 6.45) is 0. The van der Waals surface area contributed by atoms with E-state index >= 15 is 0 Å². The van der Waals surface area contributed by atoms with Gasteiger partial charge in [-0.1, -0.05) is 52.3 Å². The predicted molar refractivity (Wildman–Crippen MR) is 134 cm³/mol. The Morgan fingerprint density at radius 1 is 0.727 bits per heavy atom. The van der Waals surface area contributed by atoms with Crippen molar-refractivity contribution < 1.29 is 14.3 Å². The standard InChI is InChI=1S/C27H23BrN2O3/c1-32-20-10-6-18(7-11-20)16-29-25-15-14-24(28)22-4-3-5-23(26(22)25)27(31)30(29)17-19-8-12-21(33-2)13-9-19/h3-15H,16-17H2,1-2H3. The van der Waals surface area contributed by atoms with Gasteiger partial charge in [-0.15, -0.1) is 0 Å². The quantitative estimate of drug-likeness (QED) is 0.315. The molecule has 5 rings (SSSR count). The Morgan fingerprint density at radius 2 is 1.30 bits per heavy atom. The molecule has 4 aromatic rings. The van der Waals surface area contributed by atoms with E-state index < -0.39 is 0 Å². The SMILES string of the molecule is COc1ccc(CN2C(=O)c3cccc4c(Br)ccc(c34)N2Cc2ccc(OC)cc2)cc1. The highest BCUT2D eigenvalue weighted by molar-refractivity contribution is 9.10. The summed E-state index contributed by atoms with van der Waals surface area (Å²) in [5.41, 5.74) is 3.83. The van der Waals surface area contributed by atoms with Gasteiger partial charge in [-0.05, 0) is 59.0 Å². The lowest BCUT2D eigenvalue weighted by Gasteiger charge is -2.41. The number of nitrogens with zero attached hydrogens (tertiary/aromatic N) is 2. The molecule has 5 nitrogen and oxygen atoms in total. The number of carbonyl (C=O) groups is 1. The molecule has 1 aliphatic heterocycles. The lowest BCUT2D eigenvalue weighted by Crippen LogP contribution is -2.48. The van der Waals surface area contributed by atoms with E-state index in [4.69, 9.17) is 9.47 Å². The largest absolute Gasteiger partial charge is 0.497 e. The maximum absolute atomic E-state index is 13.8. The minimum absolute atomic E-state index is 0.0180. The molecular formula is C27H23BrN2O3. The number of hydrazine groups is 1. The number of hydrogen-bond acceptors (Lipinski definition) is 4. The van der Waals surface area contributed by atoms with E-state index in [1.165, 1.54) is 0 Å². The van der Waals surface area contributed by atoms with Crippen molar-refractivity contribution in [2.45, 2.75) is 13.1 Å². The second-order valence-corrected chi connectivity index (χ2v) is 8.77. The highest BCUT2D eigenvalue weighted by Gasteiger charge is 2.32. The van der Waals surface area contributed by atoms with Crippen LogP contribution in [0.5, 0.6) is 11.5 Å². The lowest BCUT2D eigenvalue weighted by atomic mass is 9.99. The number of anilines is 1. The number of benzene rings is 4. The van der Waals surface area contributed by atoms with E-state index in [2.05, 4.69) is 27.0 Å². The number of ether oxygens (including phenoxy) is 2. The van der Waals surface area contributed by atoms with Gasteiger partial charge in [0.05, 0.1) is 38.6 Å². The summed E-state index contributed by atoms with van der Waals surface area (Å²) in [4.78, 5) is 13.8. The van der Waals surface area contributed by atoms with Crippen LogP contribution in [0, 0.1) is 0 Å². The minimum atomic E-state index is -0.0180. The number of rotatable bonds is 6. The summed E-state index contributed by atoms with van der Waals surface area (Å²) in [6, 6.07) is 25.8. The van der Waals surface area contributed by atoms with Gasteiger partial charge in [0.15, 0.2) is 0 Å².